The fourth-order valence-electron chi connectivity index (χ4n) is 2.45. The number of hydrogen-bond donors (Lipinski definition) is 2. The third kappa shape index (κ3) is 4.57. The normalized spacial score (nSPS) is 10.6. The van der Waals surface area contributed by atoms with E-state index in [9.17, 15) is 13.6 Å². The summed E-state index contributed by atoms with van der Waals surface area (Å²) in [5, 5.41) is 10.8. The van der Waals surface area contributed by atoms with Crippen LogP contribution in [0.2, 0.25) is 0 Å². The zero-order chi connectivity index (χ0) is 21.0. The van der Waals surface area contributed by atoms with Crippen LogP contribution in [-0.2, 0) is 4.79 Å². The van der Waals surface area contributed by atoms with E-state index in [0.29, 0.717) is 28.0 Å². The Labute approximate surface area is 169 Å². The average Bonchev–Trinajstić information content (AvgIpc) is 3.09. The van der Waals surface area contributed by atoms with Crippen LogP contribution in [0.25, 0.3) is 11.4 Å². The van der Waals surface area contributed by atoms with Crippen LogP contribution in [-0.4, -0.2) is 40.8 Å². The maximum absolute atomic E-state index is 13.2. The van der Waals surface area contributed by atoms with Gasteiger partial charge in [0.05, 0.1) is 20.0 Å². The molecule has 29 heavy (non-hydrogen) atoms. The number of carbonyl (C=O) groups is 1. The van der Waals surface area contributed by atoms with Crippen LogP contribution in [0.1, 0.15) is 0 Å². The highest BCUT2D eigenvalue weighted by molar-refractivity contribution is 7.99. The Morgan fingerprint density at radius 3 is 2.55 bits per heavy atom. The molecule has 3 rings (SSSR count). The number of nitrogens with one attached hydrogen (secondary N) is 1. The molecule has 2 aromatic carbocycles. The average molecular weight is 421 g/mol. The minimum atomic E-state index is -1.04. The fraction of sp³-hybridized carbons (Fsp3) is 0.167. The highest BCUT2D eigenvalue weighted by atomic mass is 32.2. The van der Waals surface area contributed by atoms with Crippen molar-refractivity contribution in [3.05, 3.63) is 48.0 Å². The molecule has 3 N–H and O–H groups in total. The van der Waals surface area contributed by atoms with Gasteiger partial charge in [-0.1, -0.05) is 11.8 Å². The van der Waals surface area contributed by atoms with E-state index in [4.69, 9.17) is 15.3 Å². The molecule has 11 heteroatoms. The van der Waals surface area contributed by atoms with Gasteiger partial charge in [-0.2, -0.15) is 0 Å². The number of thioether (sulfide) groups is 1. The predicted molar refractivity (Wildman–Crippen MR) is 104 cm³/mol. The molecule has 0 radical (unpaired) electrons. The van der Waals surface area contributed by atoms with Crippen molar-refractivity contribution in [2.75, 3.05) is 31.1 Å². The summed E-state index contributed by atoms with van der Waals surface area (Å²) in [6, 6.07) is 8.27. The van der Waals surface area contributed by atoms with Gasteiger partial charge in [0, 0.05) is 17.3 Å². The van der Waals surface area contributed by atoms with Gasteiger partial charge in [-0.05, 0) is 30.3 Å². The first kappa shape index (κ1) is 20.4. The first-order valence-corrected chi connectivity index (χ1v) is 9.22. The number of methoxy groups -OCH3 is 2. The summed E-state index contributed by atoms with van der Waals surface area (Å²) in [4.78, 5) is 12.0. The number of nitrogens with zero attached hydrogens (tertiary/aromatic N) is 3. The summed E-state index contributed by atoms with van der Waals surface area (Å²) in [5.74, 6) is 4.96. The highest BCUT2D eigenvalue weighted by Gasteiger charge is 2.16. The quantitative estimate of drug-likeness (QED) is 0.446. The number of halogens is 2. The smallest absolute Gasteiger partial charge is 0.234 e. The molecule has 0 spiro atoms. The van der Waals surface area contributed by atoms with Gasteiger partial charge >= 0.3 is 0 Å². The second-order valence-electron chi connectivity index (χ2n) is 5.71. The Bertz CT molecular complexity index is 1040. The van der Waals surface area contributed by atoms with Gasteiger partial charge in [-0.25, -0.2) is 13.5 Å². The van der Waals surface area contributed by atoms with Crippen LogP contribution >= 0.6 is 11.8 Å². The number of rotatable bonds is 7. The largest absolute Gasteiger partial charge is 0.493 e. The lowest BCUT2D eigenvalue weighted by molar-refractivity contribution is -0.113. The number of ether oxygens (including phenoxy) is 2. The zero-order valence-corrected chi connectivity index (χ0v) is 16.3. The lowest BCUT2D eigenvalue weighted by atomic mass is 10.2. The molecule has 3 aromatic rings. The van der Waals surface area contributed by atoms with E-state index < -0.39 is 17.5 Å². The van der Waals surface area contributed by atoms with E-state index in [0.717, 1.165) is 23.9 Å². The van der Waals surface area contributed by atoms with Crippen molar-refractivity contribution in [2.24, 2.45) is 0 Å². The second-order valence-corrected chi connectivity index (χ2v) is 6.65. The lowest BCUT2D eigenvalue weighted by Gasteiger charge is -2.09. The van der Waals surface area contributed by atoms with Gasteiger partial charge in [0.15, 0.2) is 29.0 Å². The molecule has 0 atom stereocenters. The fourth-order valence-corrected chi connectivity index (χ4v) is 3.11. The minimum Gasteiger partial charge on any atom is -0.493 e. The van der Waals surface area contributed by atoms with Crippen LogP contribution in [0.4, 0.5) is 14.5 Å². The highest BCUT2D eigenvalue weighted by Crippen LogP contribution is 2.32. The predicted octanol–water partition coefficient (Wildman–Crippen LogP) is 2.69. The molecule has 0 aliphatic heterocycles. The Morgan fingerprint density at radius 2 is 1.86 bits per heavy atom. The van der Waals surface area contributed by atoms with Crippen molar-refractivity contribution in [2.45, 2.75) is 5.16 Å². The number of carbonyl (C=O) groups excluding carboxylic acids is 1. The van der Waals surface area contributed by atoms with Crippen molar-refractivity contribution in [1.29, 1.82) is 0 Å². The Morgan fingerprint density at radius 1 is 1.10 bits per heavy atom. The molecule has 0 aliphatic carbocycles. The molecule has 0 saturated carbocycles. The molecular weight excluding hydrogens is 404 g/mol. The molecule has 1 amide bonds. The van der Waals surface area contributed by atoms with Crippen molar-refractivity contribution >= 4 is 23.4 Å². The number of anilines is 1. The van der Waals surface area contributed by atoms with Crippen LogP contribution in [0.5, 0.6) is 11.5 Å². The molecule has 0 aliphatic rings. The van der Waals surface area contributed by atoms with Gasteiger partial charge in [0.25, 0.3) is 0 Å². The van der Waals surface area contributed by atoms with Gasteiger partial charge in [0.2, 0.25) is 11.1 Å². The first-order valence-electron chi connectivity index (χ1n) is 8.23. The number of nitrogens with two attached hydrogens (primary N) is 1. The van der Waals surface area contributed by atoms with Crippen molar-refractivity contribution < 1.29 is 23.0 Å². The minimum absolute atomic E-state index is 0.0553. The molecule has 0 unspecified atom stereocenters. The maximum atomic E-state index is 13.2. The van der Waals surface area contributed by atoms with E-state index in [1.807, 2.05) is 0 Å². The summed E-state index contributed by atoms with van der Waals surface area (Å²) >= 11 is 1.04. The third-order valence-corrected chi connectivity index (χ3v) is 4.79. The molecule has 8 nitrogen and oxygen atoms in total. The van der Waals surface area contributed by atoms with Crippen LogP contribution in [0.15, 0.2) is 41.6 Å². The standard InChI is InChI=1S/C18H17F2N5O3S/c1-27-14-6-3-10(7-15(14)28-2)17-23-24-18(25(17)21)29-9-16(26)22-11-4-5-12(19)13(20)8-11/h3-8H,9,21H2,1-2H3,(H,22,26). The van der Waals surface area contributed by atoms with Crippen LogP contribution < -0.4 is 20.6 Å². The molecule has 0 bridgehead atoms. The third-order valence-electron chi connectivity index (χ3n) is 3.84. The second kappa shape index (κ2) is 8.78. The molecular formula is C18H17F2N5O3S. The van der Waals surface area contributed by atoms with Gasteiger partial charge in [-0.3, -0.25) is 4.79 Å². The lowest BCUT2D eigenvalue weighted by Crippen LogP contribution is -2.16. The summed E-state index contributed by atoms with van der Waals surface area (Å²) in [5.41, 5.74) is 0.797. The molecule has 0 saturated heterocycles. The Hall–Kier alpha value is -3.34. The zero-order valence-electron chi connectivity index (χ0n) is 15.5. The molecule has 152 valence electrons. The van der Waals surface area contributed by atoms with Crippen LogP contribution in [0, 0.1) is 11.6 Å². The number of hydrogen-bond acceptors (Lipinski definition) is 7. The van der Waals surface area contributed by atoms with E-state index in [1.54, 1.807) is 18.2 Å². The summed E-state index contributed by atoms with van der Waals surface area (Å²) in [6.07, 6.45) is 0. The van der Waals surface area contributed by atoms with Crippen LogP contribution in [0.3, 0.4) is 0 Å². The van der Waals surface area contributed by atoms with Gasteiger partial charge in [0.1, 0.15) is 0 Å². The number of aromatic nitrogens is 3. The van der Waals surface area contributed by atoms with E-state index in [1.165, 1.54) is 25.0 Å². The summed E-state index contributed by atoms with van der Waals surface area (Å²) in [6.45, 7) is 0. The Balaban J connectivity index is 1.68. The number of benzene rings is 2. The Kier molecular flexibility index (Phi) is 6.17. The SMILES string of the molecule is COc1ccc(-c2nnc(SCC(=O)Nc3ccc(F)c(F)c3)n2N)cc1OC. The van der Waals surface area contributed by atoms with E-state index in [-0.39, 0.29) is 11.4 Å². The van der Waals surface area contributed by atoms with Crippen molar-refractivity contribution in [1.82, 2.24) is 14.9 Å². The summed E-state index contributed by atoms with van der Waals surface area (Å²) < 4.78 is 37.9. The summed E-state index contributed by atoms with van der Waals surface area (Å²) in [7, 11) is 3.05. The van der Waals surface area contributed by atoms with Gasteiger partial charge < -0.3 is 20.6 Å². The van der Waals surface area contributed by atoms with E-state index in [2.05, 4.69) is 15.5 Å². The molecule has 1 heterocycles. The first-order chi connectivity index (χ1) is 13.9. The molecule has 1 aromatic heterocycles. The topological polar surface area (TPSA) is 104 Å². The van der Waals surface area contributed by atoms with E-state index >= 15 is 0 Å². The van der Waals surface area contributed by atoms with Gasteiger partial charge in [-0.15, -0.1) is 10.2 Å². The molecule has 0 fully saturated rings. The maximum Gasteiger partial charge on any atom is 0.234 e. The van der Waals surface area contributed by atoms with Crippen molar-refractivity contribution in [3.8, 4) is 22.9 Å². The number of nitrogen functional groups attached to an aromatic ring is 1. The monoisotopic (exact) mass is 421 g/mol. The number of amides is 1. The van der Waals surface area contributed by atoms with Crippen molar-refractivity contribution in [3.63, 3.8) is 0 Å².